The minimum absolute atomic E-state index is 0.267. The summed E-state index contributed by atoms with van der Waals surface area (Å²) >= 11 is 0. The monoisotopic (exact) mass is 366 g/mol. The van der Waals surface area contributed by atoms with E-state index in [4.69, 9.17) is 4.74 Å². The van der Waals surface area contributed by atoms with Crippen LogP contribution in [0, 0.1) is 11.3 Å². The van der Waals surface area contributed by atoms with Crippen molar-refractivity contribution in [1.82, 2.24) is 20.3 Å². The largest absolute Gasteiger partial charge is 0.444 e. The molecule has 0 unspecified atom stereocenters. The van der Waals surface area contributed by atoms with E-state index in [2.05, 4.69) is 21.5 Å². The van der Waals surface area contributed by atoms with Crippen molar-refractivity contribution in [3.8, 4) is 6.07 Å². The van der Waals surface area contributed by atoms with Gasteiger partial charge in [-0.1, -0.05) is 12.1 Å². The van der Waals surface area contributed by atoms with Gasteiger partial charge in [-0.15, -0.1) is 0 Å². The lowest BCUT2D eigenvalue weighted by Crippen LogP contribution is -2.25. The third-order valence-corrected chi connectivity index (χ3v) is 5.16. The molecule has 2 aromatic rings. The van der Waals surface area contributed by atoms with E-state index >= 15 is 0 Å². The molecule has 1 atom stereocenters. The number of aromatic nitrogens is 3. The van der Waals surface area contributed by atoms with Crippen molar-refractivity contribution in [3.05, 3.63) is 41.2 Å². The molecule has 27 heavy (non-hydrogen) atoms. The summed E-state index contributed by atoms with van der Waals surface area (Å²) in [5.74, 6) is 0. The summed E-state index contributed by atoms with van der Waals surface area (Å²) < 4.78 is 5.53. The second-order valence-electron chi connectivity index (χ2n) is 7.52. The number of cyclic esters (lactones) is 1. The lowest BCUT2D eigenvalue weighted by atomic mass is 9.97. The van der Waals surface area contributed by atoms with E-state index in [9.17, 15) is 10.1 Å². The molecule has 1 amide bonds. The van der Waals surface area contributed by atoms with Crippen molar-refractivity contribution in [1.29, 1.82) is 5.26 Å². The van der Waals surface area contributed by atoms with Crippen LogP contribution in [0.4, 0.5) is 10.5 Å². The van der Waals surface area contributed by atoms with E-state index < -0.39 is 0 Å². The topological polar surface area (TPSA) is 98.1 Å². The number of hydrogen-bond acceptors (Lipinski definition) is 6. The summed E-state index contributed by atoms with van der Waals surface area (Å²) in [5.41, 5.74) is 3.18. The first-order valence-electron chi connectivity index (χ1n) is 9.04. The lowest BCUT2D eigenvalue weighted by molar-refractivity contribution is 0.140. The fourth-order valence-corrected chi connectivity index (χ4v) is 3.47. The Morgan fingerprint density at radius 2 is 2.00 bits per heavy atom. The van der Waals surface area contributed by atoms with Gasteiger partial charge in [0.2, 0.25) is 0 Å². The summed E-state index contributed by atoms with van der Waals surface area (Å²) in [5, 5.41) is 20.4. The van der Waals surface area contributed by atoms with E-state index in [0.29, 0.717) is 19.5 Å². The standard InChI is InChI=1S/C19H22N6O2/c1-24(2)11-17-16(21-23-22-17)9-15-10-25(18(26)27-15)14-5-3-13(4-6-14)19(12-20)7-8-19/h3-6,15H,7-11H2,1-2H3,(H,21,22,23)/t15-/m1/s1. The second kappa shape index (κ2) is 6.67. The normalized spacial score (nSPS) is 20.6. The van der Waals surface area contributed by atoms with Gasteiger partial charge in [-0.2, -0.15) is 20.7 Å². The molecular weight excluding hydrogens is 344 g/mol. The Bertz CT molecular complexity index is 878. The number of benzene rings is 1. The zero-order valence-electron chi connectivity index (χ0n) is 15.5. The van der Waals surface area contributed by atoms with Crippen molar-refractivity contribution in [3.63, 3.8) is 0 Å². The fraction of sp³-hybridized carbons (Fsp3) is 0.474. The van der Waals surface area contributed by atoms with E-state index in [-0.39, 0.29) is 17.6 Å². The van der Waals surface area contributed by atoms with Crippen molar-refractivity contribution in [2.24, 2.45) is 0 Å². The zero-order valence-corrected chi connectivity index (χ0v) is 15.5. The van der Waals surface area contributed by atoms with Gasteiger partial charge in [0.1, 0.15) is 6.10 Å². The molecule has 140 valence electrons. The highest BCUT2D eigenvalue weighted by Crippen LogP contribution is 2.47. The van der Waals surface area contributed by atoms with Gasteiger partial charge in [0, 0.05) is 18.7 Å². The maximum absolute atomic E-state index is 12.3. The molecule has 1 saturated carbocycles. The first-order valence-corrected chi connectivity index (χ1v) is 9.04. The first kappa shape index (κ1) is 17.5. The Morgan fingerprint density at radius 1 is 1.30 bits per heavy atom. The molecule has 2 fully saturated rings. The molecule has 1 aromatic heterocycles. The van der Waals surface area contributed by atoms with Crippen LogP contribution in [-0.4, -0.2) is 53.1 Å². The molecule has 0 bridgehead atoms. The Kier molecular flexibility index (Phi) is 4.32. The molecule has 0 radical (unpaired) electrons. The summed E-state index contributed by atoms with van der Waals surface area (Å²) in [7, 11) is 3.94. The summed E-state index contributed by atoms with van der Waals surface area (Å²) in [6.45, 7) is 1.15. The third-order valence-electron chi connectivity index (χ3n) is 5.16. The quantitative estimate of drug-likeness (QED) is 0.839. The molecule has 0 spiro atoms. The smallest absolute Gasteiger partial charge is 0.414 e. The fourth-order valence-electron chi connectivity index (χ4n) is 3.47. The Balaban J connectivity index is 1.44. The highest BCUT2D eigenvalue weighted by molar-refractivity contribution is 5.89. The Morgan fingerprint density at radius 3 is 2.63 bits per heavy atom. The van der Waals surface area contributed by atoms with Gasteiger partial charge in [0.15, 0.2) is 0 Å². The molecular formula is C19H22N6O2. The second-order valence-corrected chi connectivity index (χ2v) is 7.52. The van der Waals surface area contributed by atoms with Gasteiger partial charge in [0.05, 0.1) is 29.4 Å². The molecule has 8 heteroatoms. The number of hydrogen-bond donors (Lipinski definition) is 1. The highest BCUT2D eigenvalue weighted by Gasteiger charge is 2.45. The number of anilines is 1. The SMILES string of the molecule is CN(C)Cc1n[nH]nc1C[C@@H]1CN(c2ccc(C3(C#N)CC3)cc2)C(=O)O1. The van der Waals surface area contributed by atoms with Gasteiger partial charge in [-0.25, -0.2) is 4.79 Å². The minimum atomic E-state index is -0.355. The number of nitriles is 1. The van der Waals surface area contributed by atoms with Gasteiger partial charge in [-0.3, -0.25) is 4.90 Å². The van der Waals surface area contributed by atoms with Crippen LogP contribution in [-0.2, 0) is 23.1 Å². The number of H-pyrrole nitrogens is 1. The van der Waals surface area contributed by atoms with Gasteiger partial charge in [-0.05, 0) is 44.6 Å². The average Bonchev–Trinajstić information content (AvgIpc) is 3.21. The van der Waals surface area contributed by atoms with Crippen LogP contribution in [0.2, 0.25) is 0 Å². The number of ether oxygens (including phenoxy) is 1. The number of nitrogens with one attached hydrogen (secondary N) is 1. The molecule has 2 heterocycles. The summed E-state index contributed by atoms with van der Waals surface area (Å²) in [4.78, 5) is 16.0. The third kappa shape index (κ3) is 3.38. The number of carbonyl (C=O) groups excluding carboxylic acids is 1. The molecule has 1 aliphatic carbocycles. The maximum Gasteiger partial charge on any atom is 0.414 e. The molecule has 8 nitrogen and oxygen atoms in total. The molecule has 1 saturated heterocycles. The van der Waals surface area contributed by atoms with Crippen molar-refractivity contribution < 1.29 is 9.53 Å². The van der Waals surface area contributed by atoms with Crippen molar-refractivity contribution in [2.75, 3.05) is 25.5 Å². The van der Waals surface area contributed by atoms with Crippen LogP contribution < -0.4 is 4.90 Å². The first-order chi connectivity index (χ1) is 13.0. The van der Waals surface area contributed by atoms with E-state index in [1.165, 1.54) is 0 Å². The molecule has 1 aromatic carbocycles. The number of aromatic amines is 1. The number of nitrogens with zero attached hydrogens (tertiary/aromatic N) is 5. The number of carbonyl (C=O) groups is 1. The molecule has 4 rings (SSSR count). The van der Waals surface area contributed by atoms with Crippen LogP contribution in [0.25, 0.3) is 0 Å². The van der Waals surface area contributed by atoms with Gasteiger partial charge < -0.3 is 9.64 Å². The van der Waals surface area contributed by atoms with Crippen LogP contribution in [0.5, 0.6) is 0 Å². The average molecular weight is 366 g/mol. The van der Waals surface area contributed by atoms with Gasteiger partial charge in [0.25, 0.3) is 0 Å². The highest BCUT2D eigenvalue weighted by atomic mass is 16.6. The predicted molar refractivity (Wildman–Crippen MR) is 98.1 cm³/mol. The Labute approximate surface area is 157 Å². The summed E-state index contributed by atoms with van der Waals surface area (Å²) in [6.07, 6.45) is 1.72. The van der Waals surface area contributed by atoms with Crippen LogP contribution in [0.15, 0.2) is 24.3 Å². The zero-order chi connectivity index (χ0) is 19.0. The van der Waals surface area contributed by atoms with Crippen LogP contribution in [0.3, 0.4) is 0 Å². The van der Waals surface area contributed by atoms with Crippen molar-refractivity contribution in [2.45, 2.75) is 37.3 Å². The minimum Gasteiger partial charge on any atom is -0.444 e. The van der Waals surface area contributed by atoms with Crippen LogP contribution >= 0.6 is 0 Å². The van der Waals surface area contributed by atoms with E-state index in [1.807, 2.05) is 43.3 Å². The van der Waals surface area contributed by atoms with E-state index in [1.54, 1.807) is 4.90 Å². The number of amides is 1. The molecule has 1 N–H and O–H groups in total. The number of rotatable bonds is 6. The predicted octanol–water partition coefficient (Wildman–Crippen LogP) is 1.99. The molecule has 2 aliphatic rings. The van der Waals surface area contributed by atoms with Crippen molar-refractivity contribution >= 4 is 11.8 Å². The summed E-state index contributed by atoms with van der Waals surface area (Å²) in [6, 6.07) is 10.1. The lowest BCUT2D eigenvalue weighted by Gasteiger charge is -2.14. The maximum atomic E-state index is 12.3. The molecule has 1 aliphatic heterocycles. The Hall–Kier alpha value is -2.92. The van der Waals surface area contributed by atoms with Gasteiger partial charge >= 0.3 is 6.09 Å². The van der Waals surface area contributed by atoms with Crippen LogP contribution in [0.1, 0.15) is 29.8 Å². The van der Waals surface area contributed by atoms with E-state index in [0.717, 1.165) is 35.5 Å².